The van der Waals surface area contributed by atoms with E-state index in [2.05, 4.69) is 44.7 Å². The third-order valence-electron chi connectivity index (χ3n) is 4.82. The van der Waals surface area contributed by atoms with Crippen LogP contribution in [0.5, 0.6) is 5.75 Å². The van der Waals surface area contributed by atoms with Gasteiger partial charge in [0.2, 0.25) is 5.91 Å². The van der Waals surface area contributed by atoms with Gasteiger partial charge < -0.3 is 14.4 Å². The molecular weight excluding hydrogens is 302 g/mol. The Kier molecular flexibility index (Phi) is 5.92. The van der Waals surface area contributed by atoms with Crippen molar-refractivity contribution >= 4 is 5.91 Å². The summed E-state index contributed by atoms with van der Waals surface area (Å²) in [6, 6.07) is 8.36. The van der Waals surface area contributed by atoms with Crippen LogP contribution < -0.4 is 4.74 Å². The quantitative estimate of drug-likeness (QED) is 0.810. The van der Waals surface area contributed by atoms with Gasteiger partial charge in [-0.3, -0.25) is 4.79 Å². The van der Waals surface area contributed by atoms with Gasteiger partial charge in [0, 0.05) is 19.6 Å². The van der Waals surface area contributed by atoms with Crippen molar-refractivity contribution in [3.8, 4) is 5.75 Å². The third kappa shape index (κ3) is 4.29. The minimum Gasteiger partial charge on any atom is -0.497 e. The first-order valence-corrected chi connectivity index (χ1v) is 8.82. The second-order valence-corrected chi connectivity index (χ2v) is 7.64. The lowest BCUT2D eigenvalue weighted by atomic mass is 9.87. The second kappa shape index (κ2) is 7.56. The molecule has 0 aromatic heterocycles. The fourth-order valence-electron chi connectivity index (χ4n) is 3.79. The molecule has 0 N–H and O–H groups in total. The number of hydrogen-bond donors (Lipinski definition) is 0. The molecule has 0 unspecified atom stereocenters. The number of ether oxygens (including phenoxy) is 2. The van der Waals surface area contributed by atoms with Crippen molar-refractivity contribution in [2.45, 2.75) is 65.1 Å². The number of methoxy groups -OCH3 is 1. The van der Waals surface area contributed by atoms with Crippen molar-refractivity contribution in [2.75, 3.05) is 13.7 Å². The normalized spacial score (nSPS) is 21.4. The monoisotopic (exact) mass is 333 g/mol. The molecule has 1 fully saturated rings. The molecule has 1 aromatic rings. The van der Waals surface area contributed by atoms with Crippen LogP contribution in [-0.4, -0.2) is 36.2 Å². The molecule has 1 aliphatic heterocycles. The molecule has 134 valence electrons. The summed E-state index contributed by atoms with van der Waals surface area (Å²) in [6.07, 6.45) is 1.76. The summed E-state index contributed by atoms with van der Waals surface area (Å²) >= 11 is 0. The van der Waals surface area contributed by atoms with Crippen LogP contribution in [0.2, 0.25) is 0 Å². The molecule has 0 saturated carbocycles. The van der Waals surface area contributed by atoms with Crippen molar-refractivity contribution < 1.29 is 14.3 Å². The highest BCUT2D eigenvalue weighted by Gasteiger charge is 2.37. The molecule has 1 aromatic carbocycles. The number of hydrogen-bond acceptors (Lipinski definition) is 3. The molecule has 1 saturated heterocycles. The number of nitrogens with zero attached hydrogens (tertiary/aromatic N) is 1. The van der Waals surface area contributed by atoms with Gasteiger partial charge in [-0.15, -0.1) is 0 Å². The first-order valence-electron chi connectivity index (χ1n) is 8.82. The fourth-order valence-corrected chi connectivity index (χ4v) is 3.79. The van der Waals surface area contributed by atoms with Gasteiger partial charge in [0.15, 0.2) is 0 Å². The highest BCUT2D eigenvalue weighted by molar-refractivity contribution is 5.74. The minimum atomic E-state index is -0.182. The number of benzene rings is 1. The zero-order chi connectivity index (χ0) is 17.9. The predicted molar refractivity (Wildman–Crippen MR) is 96.1 cm³/mol. The van der Waals surface area contributed by atoms with Gasteiger partial charge in [0.1, 0.15) is 5.75 Å². The zero-order valence-corrected chi connectivity index (χ0v) is 15.8. The van der Waals surface area contributed by atoms with E-state index in [1.165, 1.54) is 0 Å². The fraction of sp³-hybridized carbons (Fsp3) is 0.650. The molecule has 0 aliphatic carbocycles. The Morgan fingerprint density at radius 1 is 1.29 bits per heavy atom. The smallest absolute Gasteiger partial charge is 0.220 e. The first kappa shape index (κ1) is 18.8. The van der Waals surface area contributed by atoms with E-state index < -0.39 is 0 Å². The number of rotatable bonds is 5. The van der Waals surface area contributed by atoms with Crippen LogP contribution in [0.15, 0.2) is 24.3 Å². The molecular formula is C20H31NO3. The first-order chi connectivity index (χ1) is 11.2. The standard InChI is InChI=1S/C20H31NO3/c1-14(2)19(16-7-9-18(23-6)10-8-16)21(15(3)22)17-11-12-24-20(4,5)13-17/h7-10,14,17,19H,11-13H2,1-6H3/t17-,19-/m1/s1. The zero-order valence-electron chi connectivity index (χ0n) is 15.8. The van der Waals surface area contributed by atoms with E-state index in [9.17, 15) is 4.79 Å². The van der Waals surface area contributed by atoms with Crippen LogP contribution >= 0.6 is 0 Å². The van der Waals surface area contributed by atoms with Crippen molar-refractivity contribution in [3.05, 3.63) is 29.8 Å². The number of carbonyl (C=O) groups is 1. The van der Waals surface area contributed by atoms with Crippen LogP contribution in [0.25, 0.3) is 0 Å². The van der Waals surface area contributed by atoms with Gasteiger partial charge >= 0.3 is 0 Å². The van der Waals surface area contributed by atoms with E-state index in [0.717, 1.165) is 24.2 Å². The van der Waals surface area contributed by atoms with Crippen molar-refractivity contribution in [1.82, 2.24) is 4.90 Å². The Balaban J connectivity index is 2.35. The largest absolute Gasteiger partial charge is 0.497 e. The molecule has 2 rings (SSSR count). The molecule has 1 heterocycles. The molecule has 2 atom stereocenters. The summed E-state index contributed by atoms with van der Waals surface area (Å²) in [6.45, 7) is 10.9. The maximum Gasteiger partial charge on any atom is 0.220 e. The summed E-state index contributed by atoms with van der Waals surface area (Å²) in [5.41, 5.74) is 0.975. The molecule has 0 radical (unpaired) electrons. The molecule has 1 amide bonds. The van der Waals surface area contributed by atoms with Gasteiger partial charge in [-0.05, 0) is 50.3 Å². The van der Waals surface area contributed by atoms with E-state index in [-0.39, 0.29) is 23.6 Å². The second-order valence-electron chi connectivity index (χ2n) is 7.64. The summed E-state index contributed by atoms with van der Waals surface area (Å²) in [5.74, 6) is 1.29. The SMILES string of the molecule is COc1ccc([C@@H](C(C)C)N(C(C)=O)[C@@H]2CCOC(C)(C)C2)cc1. The van der Waals surface area contributed by atoms with Crippen LogP contribution in [-0.2, 0) is 9.53 Å². The number of carbonyl (C=O) groups excluding carboxylic acids is 1. The van der Waals surface area contributed by atoms with Gasteiger partial charge in [-0.1, -0.05) is 26.0 Å². The molecule has 24 heavy (non-hydrogen) atoms. The molecule has 4 nitrogen and oxygen atoms in total. The Bertz CT molecular complexity index is 551. The van der Waals surface area contributed by atoms with E-state index in [1.54, 1.807) is 14.0 Å². The summed E-state index contributed by atoms with van der Waals surface area (Å²) in [7, 11) is 1.67. The lowest BCUT2D eigenvalue weighted by Crippen LogP contribution is -2.50. The third-order valence-corrected chi connectivity index (χ3v) is 4.82. The Morgan fingerprint density at radius 2 is 1.92 bits per heavy atom. The lowest BCUT2D eigenvalue weighted by molar-refractivity contribution is -0.143. The molecule has 0 bridgehead atoms. The highest BCUT2D eigenvalue weighted by Crippen LogP contribution is 2.36. The van der Waals surface area contributed by atoms with Crippen LogP contribution in [0, 0.1) is 5.92 Å². The summed E-state index contributed by atoms with van der Waals surface area (Å²) < 4.78 is 11.1. The van der Waals surface area contributed by atoms with E-state index in [1.807, 2.05) is 12.1 Å². The van der Waals surface area contributed by atoms with E-state index >= 15 is 0 Å². The van der Waals surface area contributed by atoms with Crippen LogP contribution in [0.1, 0.15) is 59.1 Å². The molecule has 1 aliphatic rings. The van der Waals surface area contributed by atoms with Gasteiger partial charge in [-0.2, -0.15) is 0 Å². The highest BCUT2D eigenvalue weighted by atomic mass is 16.5. The Morgan fingerprint density at radius 3 is 2.38 bits per heavy atom. The summed E-state index contributed by atoms with van der Waals surface area (Å²) in [4.78, 5) is 14.6. The van der Waals surface area contributed by atoms with Crippen molar-refractivity contribution in [1.29, 1.82) is 0 Å². The van der Waals surface area contributed by atoms with E-state index in [4.69, 9.17) is 9.47 Å². The van der Waals surface area contributed by atoms with Gasteiger partial charge in [0.25, 0.3) is 0 Å². The minimum absolute atomic E-state index is 0.0623. The topological polar surface area (TPSA) is 38.8 Å². The summed E-state index contributed by atoms with van der Waals surface area (Å²) in [5, 5.41) is 0. The van der Waals surface area contributed by atoms with Crippen LogP contribution in [0.3, 0.4) is 0 Å². The Hall–Kier alpha value is -1.55. The Labute approximate surface area is 146 Å². The maximum atomic E-state index is 12.6. The average molecular weight is 333 g/mol. The molecule has 0 spiro atoms. The maximum absolute atomic E-state index is 12.6. The van der Waals surface area contributed by atoms with Crippen molar-refractivity contribution in [2.24, 2.45) is 5.92 Å². The molecule has 4 heteroatoms. The van der Waals surface area contributed by atoms with Gasteiger partial charge in [0.05, 0.1) is 18.8 Å². The number of amides is 1. The van der Waals surface area contributed by atoms with E-state index in [0.29, 0.717) is 12.5 Å². The van der Waals surface area contributed by atoms with Gasteiger partial charge in [-0.25, -0.2) is 0 Å². The lowest BCUT2D eigenvalue weighted by Gasteiger charge is -2.45. The van der Waals surface area contributed by atoms with Crippen molar-refractivity contribution in [3.63, 3.8) is 0 Å². The predicted octanol–water partition coefficient (Wildman–Crippen LogP) is 4.20. The average Bonchev–Trinajstić information content (AvgIpc) is 2.51. The van der Waals surface area contributed by atoms with Crippen LogP contribution in [0.4, 0.5) is 0 Å².